The number of halogens is 7. The number of carbonyl (C=O) groups is 2. The number of nitriles is 2. The predicted molar refractivity (Wildman–Crippen MR) is 372 cm³/mol. The first-order valence-electron chi connectivity index (χ1n) is 28.8. The van der Waals surface area contributed by atoms with Gasteiger partial charge in [-0.05, 0) is 134 Å². The number of H-pyrrole nitrogens is 4. The van der Waals surface area contributed by atoms with Crippen molar-refractivity contribution in [1.29, 1.82) is 10.5 Å². The third-order valence-electron chi connectivity index (χ3n) is 13.2. The van der Waals surface area contributed by atoms with Gasteiger partial charge in [-0.15, -0.1) is 0 Å². The normalized spacial score (nSPS) is 11.4. The van der Waals surface area contributed by atoms with E-state index in [2.05, 4.69) is 88.0 Å². The zero-order valence-electron chi connectivity index (χ0n) is 54.0. The number of quaternary nitrogens is 1. The quantitative estimate of drug-likeness (QED) is 0.0733. The largest absolute Gasteiger partial charge is 1.00 e. The standard InChI is InChI=1S/C16H18ClN3O2.C13H16ClN3O2.C11H15ClN3.C10H12ClN3.C9H6ClN3.C7H5ClN2.HI/c1-15(2,3)22-14(21)20-8-12(16(4,5)9-18)11-6-10(17)7-19-13(11)20;1-13(2,3)19-12(18)17-7-8(5-15)10-4-9(14)6-16-11(10)17;1-15(2,3)7-8-5-13-11-10(8)4-9(12)6-14-11;1-14(2)6-7-4-12-10-9(7)3-8(11)5-13-10;10-7-3-8-6(1-2-11)4-12-9(8)13-5-7;8-6-3-5-1-2-9-7(5)10-4-6;/h6-8H,1-5H3;4,6-7H,5,15H2,1-3H3;4-6H,7H2,1-3H3,(H,13,14);3-5H,6H2,1-2H3,(H,12,13);3-5H,1H2,(H,12,13);1-4H,(H,9,10);1H/q;;+1;;;;/p-1. The summed E-state index contributed by atoms with van der Waals surface area (Å²) in [5, 5.41) is 27.1. The van der Waals surface area contributed by atoms with E-state index in [4.69, 9.17) is 90.1 Å². The third-order valence-corrected chi connectivity index (χ3v) is 14.4. The van der Waals surface area contributed by atoms with Crippen LogP contribution in [0.25, 0.3) is 66.2 Å². The van der Waals surface area contributed by atoms with Crippen molar-refractivity contribution in [2.24, 2.45) is 5.73 Å². The Kier molecular flexibility index (Phi) is 25.9. The summed E-state index contributed by atoms with van der Waals surface area (Å²) >= 11 is 35.2. The summed E-state index contributed by atoms with van der Waals surface area (Å²) in [5.41, 5.74) is 13.0. The minimum absolute atomic E-state index is 0. The Morgan fingerprint density at radius 3 is 1.43 bits per heavy atom. The zero-order valence-corrected chi connectivity index (χ0v) is 60.7. The SMILES string of the molecule is CC(C)(C)OC(=O)n1cc(C(C)(C)C#N)c2cc(Cl)cnc21.CC(C)(C)OC(=O)n1cc(CN)c2cc(Cl)cnc21.CN(C)Cc1c[nH]c2ncc(Cl)cc12.C[N+](C)(C)Cc1c[nH]c2ncc(Cl)cc12.Clc1cnc2[nH]ccc2c1.N#CCc1c[nH]c2ncc(Cl)cc12.[I-]. The highest BCUT2D eigenvalue weighted by molar-refractivity contribution is 6.33. The van der Waals surface area contributed by atoms with Crippen molar-refractivity contribution in [3.05, 3.63) is 175 Å². The van der Waals surface area contributed by atoms with E-state index < -0.39 is 28.8 Å². The molecule has 0 spiro atoms. The maximum Gasteiger partial charge on any atom is 0.420 e. The van der Waals surface area contributed by atoms with E-state index in [1.54, 1.807) is 90.1 Å². The van der Waals surface area contributed by atoms with Crippen molar-refractivity contribution in [1.82, 2.24) is 63.9 Å². The fraction of sp³-hybridized carbons (Fsp3) is 0.303. The molecule has 12 aromatic heterocycles. The molecule has 0 bridgehead atoms. The lowest BCUT2D eigenvalue weighted by Crippen LogP contribution is -3.00. The number of carbonyl (C=O) groups excluding carboxylic acids is 2. The number of nitrogens with one attached hydrogen (secondary N) is 4. The molecule has 28 heteroatoms. The number of aromatic amines is 4. The second kappa shape index (κ2) is 32.2. The molecule has 12 heterocycles. The lowest BCUT2D eigenvalue weighted by molar-refractivity contribution is -0.883. The molecular formula is C66H72Cl6IN17O4. The van der Waals surface area contributed by atoms with E-state index in [0.29, 0.717) is 65.3 Å². The van der Waals surface area contributed by atoms with Gasteiger partial charge in [0.1, 0.15) is 51.6 Å². The number of pyridine rings is 6. The van der Waals surface area contributed by atoms with Gasteiger partial charge in [-0.1, -0.05) is 69.6 Å². The van der Waals surface area contributed by atoms with Gasteiger partial charge in [-0.3, -0.25) is 0 Å². The number of nitrogens with zero attached hydrogens (tertiary/aromatic N) is 12. The molecule has 6 N–H and O–H groups in total. The second-order valence-corrected chi connectivity index (χ2v) is 27.7. The number of ether oxygens (including phenoxy) is 2. The lowest BCUT2D eigenvalue weighted by atomic mass is 9.86. The van der Waals surface area contributed by atoms with Gasteiger partial charge >= 0.3 is 12.2 Å². The molecule has 94 heavy (non-hydrogen) atoms. The average Bonchev–Trinajstić information content (AvgIpc) is 1.62. The third kappa shape index (κ3) is 20.7. The van der Waals surface area contributed by atoms with Crippen LogP contribution in [0.3, 0.4) is 0 Å². The maximum atomic E-state index is 12.4. The molecule has 21 nitrogen and oxygen atoms in total. The van der Waals surface area contributed by atoms with Gasteiger partial charge in [-0.2, -0.15) is 10.5 Å². The van der Waals surface area contributed by atoms with Gasteiger partial charge in [0, 0.05) is 125 Å². The Balaban J connectivity index is 0.000000181. The van der Waals surface area contributed by atoms with Gasteiger partial charge in [0.25, 0.3) is 0 Å². The molecule has 494 valence electrons. The van der Waals surface area contributed by atoms with Crippen molar-refractivity contribution >= 4 is 148 Å². The van der Waals surface area contributed by atoms with Gasteiger partial charge in [0.2, 0.25) is 0 Å². The van der Waals surface area contributed by atoms with Crippen LogP contribution < -0.4 is 29.7 Å². The van der Waals surface area contributed by atoms with E-state index in [1.807, 2.05) is 83.8 Å². The Hall–Kier alpha value is -7.59. The molecular weight excluding hydrogens is 1430 g/mol. The number of nitrogens with two attached hydrogens (primary N) is 1. The van der Waals surface area contributed by atoms with E-state index in [-0.39, 0.29) is 24.0 Å². The molecule has 0 amide bonds. The Labute approximate surface area is 591 Å². The van der Waals surface area contributed by atoms with Gasteiger partial charge in [0.05, 0.1) is 75.3 Å². The molecule has 0 aromatic carbocycles. The van der Waals surface area contributed by atoms with Crippen molar-refractivity contribution in [2.75, 3.05) is 35.2 Å². The number of hydrogen-bond donors (Lipinski definition) is 5. The number of fused-ring (bicyclic) bond motifs is 6. The number of rotatable bonds is 7. The van der Waals surface area contributed by atoms with E-state index in [9.17, 15) is 14.9 Å². The summed E-state index contributed by atoms with van der Waals surface area (Å²) in [4.78, 5) is 63.8. The molecule has 12 rings (SSSR count). The lowest BCUT2D eigenvalue weighted by Gasteiger charge is -2.23. The Morgan fingerprint density at radius 2 is 0.968 bits per heavy atom. The number of hydrogen-bond acceptors (Lipinski definition) is 14. The molecule has 0 radical (unpaired) electrons. The van der Waals surface area contributed by atoms with Crippen LogP contribution in [0.15, 0.2) is 117 Å². The summed E-state index contributed by atoms with van der Waals surface area (Å²) in [7, 11) is 10.6. The van der Waals surface area contributed by atoms with E-state index in [0.717, 1.165) is 78.2 Å². The minimum Gasteiger partial charge on any atom is -1.00 e. The zero-order chi connectivity index (χ0) is 68.3. The Morgan fingerprint density at radius 1 is 0.564 bits per heavy atom. The molecule has 0 saturated heterocycles. The van der Waals surface area contributed by atoms with E-state index >= 15 is 0 Å². The molecule has 0 saturated carbocycles. The summed E-state index contributed by atoms with van der Waals surface area (Å²) in [6.07, 6.45) is 19.7. The highest BCUT2D eigenvalue weighted by Crippen LogP contribution is 2.33. The first-order chi connectivity index (χ1) is 43.7. The summed E-state index contributed by atoms with van der Waals surface area (Å²) in [6, 6.07) is 17.3. The fourth-order valence-electron chi connectivity index (χ4n) is 9.20. The molecule has 0 aliphatic heterocycles. The Bertz CT molecular complexity index is 4690. The van der Waals surface area contributed by atoms with Crippen molar-refractivity contribution in [3.63, 3.8) is 0 Å². The van der Waals surface area contributed by atoms with Gasteiger partial charge < -0.3 is 68.5 Å². The van der Waals surface area contributed by atoms with Gasteiger partial charge in [-0.25, -0.2) is 48.6 Å². The van der Waals surface area contributed by atoms with Crippen molar-refractivity contribution in [3.8, 4) is 12.1 Å². The van der Waals surface area contributed by atoms with Crippen LogP contribution >= 0.6 is 69.6 Å². The number of aromatic nitrogens is 12. The van der Waals surface area contributed by atoms with Crippen LogP contribution in [-0.2, 0) is 40.9 Å². The summed E-state index contributed by atoms with van der Waals surface area (Å²) < 4.78 is 14.3. The summed E-state index contributed by atoms with van der Waals surface area (Å²) in [5.74, 6) is 0. The summed E-state index contributed by atoms with van der Waals surface area (Å²) in [6.45, 7) is 16.5. The monoisotopic (exact) mass is 1500 g/mol. The predicted octanol–water partition coefficient (Wildman–Crippen LogP) is 13.4. The molecule has 0 unspecified atom stereocenters. The minimum atomic E-state index is -0.780. The van der Waals surface area contributed by atoms with Crippen molar-refractivity contribution < 1.29 is 47.5 Å². The first-order valence-corrected chi connectivity index (χ1v) is 31.1. The topological polar surface area (TPSA) is 280 Å². The van der Waals surface area contributed by atoms with Crippen LogP contribution in [0.1, 0.15) is 83.2 Å². The maximum absolute atomic E-state index is 12.4. The first kappa shape index (κ1) is 75.4. The molecule has 0 aliphatic carbocycles. The van der Waals surface area contributed by atoms with Crippen LogP contribution in [0.5, 0.6) is 0 Å². The van der Waals surface area contributed by atoms with Crippen molar-refractivity contribution in [2.45, 2.75) is 98.1 Å². The molecule has 0 fully saturated rings. The van der Waals surface area contributed by atoms with Crippen LogP contribution in [0.4, 0.5) is 9.59 Å². The van der Waals surface area contributed by atoms with Crippen LogP contribution in [-0.4, -0.2) is 127 Å². The molecule has 0 atom stereocenters. The van der Waals surface area contributed by atoms with Crippen LogP contribution in [0.2, 0.25) is 30.1 Å². The highest BCUT2D eigenvalue weighted by Gasteiger charge is 2.29. The molecule has 0 aliphatic rings. The molecule has 12 aromatic rings. The second-order valence-electron chi connectivity index (χ2n) is 25.1. The van der Waals surface area contributed by atoms with Crippen LogP contribution in [0, 0.1) is 22.7 Å². The average molecular weight is 1510 g/mol. The smallest absolute Gasteiger partial charge is 0.420 e. The van der Waals surface area contributed by atoms with E-state index in [1.165, 1.54) is 32.7 Å². The highest BCUT2D eigenvalue weighted by atomic mass is 127. The van der Waals surface area contributed by atoms with Gasteiger partial charge in [0.15, 0.2) is 0 Å². The fourth-order valence-corrected chi connectivity index (χ4v) is 10.2.